The lowest BCUT2D eigenvalue weighted by atomic mass is 9.95. The van der Waals surface area contributed by atoms with Gasteiger partial charge in [0.15, 0.2) is 11.5 Å². The summed E-state index contributed by atoms with van der Waals surface area (Å²) in [6, 6.07) is 12.3. The van der Waals surface area contributed by atoms with Crippen molar-refractivity contribution in [3.63, 3.8) is 0 Å². The molecule has 3 rings (SSSR count). The van der Waals surface area contributed by atoms with E-state index in [1.165, 1.54) is 6.08 Å². The number of benzene rings is 2. The molecule has 0 spiro atoms. The Morgan fingerprint density at radius 3 is 2.52 bits per heavy atom. The highest BCUT2D eigenvalue weighted by Gasteiger charge is 2.27. The second-order valence-corrected chi connectivity index (χ2v) is 7.68. The van der Waals surface area contributed by atoms with Crippen molar-refractivity contribution < 1.29 is 23.9 Å². The monoisotopic (exact) mass is 451 g/mol. The molecule has 1 fully saturated rings. The molecule has 2 aromatic carbocycles. The van der Waals surface area contributed by atoms with Crippen molar-refractivity contribution >= 4 is 29.5 Å². The minimum absolute atomic E-state index is 0.186. The zero-order valence-corrected chi connectivity index (χ0v) is 18.9. The number of methoxy groups -OCH3 is 1. The number of piperidine rings is 1. The summed E-state index contributed by atoms with van der Waals surface area (Å²) in [4.78, 5) is 38.7. The first kappa shape index (κ1) is 23.8. The third-order valence-corrected chi connectivity index (χ3v) is 5.51. The van der Waals surface area contributed by atoms with E-state index in [1.807, 2.05) is 13.0 Å². The number of rotatable bonds is 8. The van der Waals surface area contributed by atoms with Crippen LogP contribution in [0.4, 0.5) is 5.69 Å². The smallest absolute Gasteiger partial charge is 0.255 e. The van der Waals surface area contributed by atoms with Gasteiger partial charge in [-0.2, -0.15) is 0 Å². The van der Waals surface area contributed by atoms with Crippen molar-refractivity contribution in [3.8, 4) is 11.5 Å². The van der Waals surface area contributed by atoms with Crippen molar-refractivity contribution in [1.29, 1.82) is 0 Å². The third-order valence-electron chi connectivity index (χ3n) is 5.51. The van der Waals surface area contributed by atoms with Gasteiger partial charge in [-0.1, -0.05) is 18.2 Å². The van der Waals surface area contributed by atoms with Gasteiger partial charge >= 0.3 is 0 Å². The average Bonchev–Trinajstić information content (AvgIpc) is 2.83. The SMILES string of the molecule is CCOc1cc(C=CC(=O)Nc2ccccc2C(=O)N2CCC(C(N)=O)CC2)ccc1OC. The predicted octanol–water partition coefficient (Wildman–Crippen LogP) is 3.08. The van der Waals surface area contributed by atoms with Crippen LogP contribution in [-0.4, -0.2) is 49.4 Å². The standard InChI is InChI=1S/C25H29N3O5/c1-3-33-22-16-17(8-10-21(22)32-2)9-11-23(29)27-20-7-5-4-6-19(20)25(31)28-14-12-18(13-15-28)24(26)30/h4-11,16,18H,3,12-15H2,1-2H3,(H2,26,30)(H,27,29). The van der Waals surface area contributed by atoms with Crippen LogP contribution < -0.4 is 20.5 Å². The van der Waals surface area contributed by atoms with Gasteiger partial charge in [0.2, 0.25) is 11.8 Å². The lowest BCUT2D eigenvalue weighted by Crippen LogP contribution is -2.42. The van der Waals surface area contributed by atoms with Crippen molar-refractivity contribution in [3.05, 3.63) is 59.7 Å². The summed E-state index contributed by atoms with van der Waals surface area (Å²) < 4.78 is 10.8. The maximum atomic E-state index is 13.0. The van der Waals surface area contributed by atoms with Gasteiger partial charge in [0, 0.05) is 25.1 Å². The molecule has 33 heavy (non-hydrogen) atoms. The van der Waals surface area contributed by atoms with Crippen LogP contribution in [-0.2, 0) is 9.59 Å². The number of primary amides is 1. The fraction of sp³-hybridized carbons (Fsp3) is 0.320. The van der Waals surface area contributed by atoms with E-state index in [0.717, 1.165) is 5.56 Å². The molecule has 3 amide bonds. The molecule has 0 unspecified atom stereocenters. The minimum atomic E-state index is -0.364. The Morgan fingerprint density at radius 1 is 1.12 bits per heavy atom. The van der Waals surface area contributed by atoms with E-state index in [9.17, 15) is 14.4 Å². The zero-order valence-electron chi connectivity index (χ0n) is 18.9. The number of para-hydroxylation sites is 1. The van der Waals surface area contributed by atoms with Crippen LogP contribution in [0.5, 0.6) is 11.5 Å². The highest BCUT2D eigenvalue weighted by molar-refractivity contribution is 6.07. The highest BCUT2D eigenvalue weighted by atomic mass is 16.5. The number of carbonyl (C=O) groups excluding carboxylic acids is 3. The van der Waals surface area contributed by atoms with Crippen molar-refractivity contribution in [2.45, 2.75) is 19.8 Å². The van der Waals surface area contributed by atoms with E-state index < -0.39 is 0 Å². The molecule has 1 saturated heterocycles. The molecular weight excluding hydrogens is 422 g/mol. The minimum Gasteiger partial charge on any atom is -0.493 e. The van der Waals surface area contributed by atoms with Crippen LogP contribution >= 0.6 is 0 Å². The van der Waals surface area contributed by atoms with Crippen molar-refractivity contribution in [2.24, 2.45) is 11.7 Å². The van der Waals surface area contributed by atoms with Crippen LogP contribution in [0.25, 0.3) is 6.08 Å². The molecule has 8 heteroatoms. The number of nitrogens with one attached hydrogen (secondary N) is 1. The van der Waals surface area contributed by atoms with E-state index in [4.69, 9.17) is 15.2 Å². The quantitative estimate of drug-likeness (QED) is 0.599. The average molecular weight is 452 g/mol. The Kier molecular flexibility index (Phi) is 8.07. The maximum absolute atomic E-state index is 13.0. The molecule has 174 valence electrons. The summed E-state index contributed by atoms with van der Waals surface area (Å²) in [5, 5.41) is 2.79. The van der Waals surface area contributed by atoms with E-state index >= 15 is 0 Å². The first-order valence-corrected chi connectivity index (χ1v) is 10.9. The number of anilines is 1. The van der Waals surface area contributed by atoms with Gasteiger partial charge in [-0.15, -0.1) is 0 Å². The van der Waals surface area contributed by atoms with Gasteiger partial charge in [-0.3, -0.25) is 14.4 Å². The summed E-state index contributed by atoms with van der Waals surface area (Å²) in [5.41, 5.74) is 6.98. The molecule has 0 aliphatic carbocycles. The third kappa shape index (κ3) is 6.12. The lowest BCUT2D eigenvalue weighted by Gasteiger charge is -2.31. The Hall–Kier alpha value is -3.81. The molecule has 1 aliphatic rings. The molecule has 8 nitrogen and oxygen atoms in total. The molecular formula is C25H29N3O5. The normalized spacial score (nSPS) is 14.2. The Balaban J connectivity index is 1.68. The fourth-order valence-corrected chi connectivity index (χ4v) is 3.73. The van der Waals surface area contributed by atoms with E-state index in [-0.39, 0.29) is 23.6 Å². The van der Waals surface area contributed by atoms with Gasteiger partial charge in [-0.05, 0) is 55.7 Å². The van der Waals surface area contributed by atoms with Crippen molar-refractivity contribution in [1.82, 2.24) is 4.90 Å². The van der Waals surface area contributed by atoms with Crippen LogP contribution in [0.15, 0.2) is 48.5 Å². The number of hydrogen-bond acceptors (Lipinski definition) is 5. The molecule has 0 saturated carbocycles. The summed E-state index contributed by atoms with van der Waals surface area (Å²) >= 11 is 0. The molecule has 2 aromatic rings. The largest absolute Gasteiger partial charge is 0.493 e. The second kappa shape index (κ2) is 11.2. The number of carbonyl (C=O) groups is 3. The predicted molar refractivity (Wildman–Crippen MR) is 126 cm³/mol. The topological polar surface area (TPSA) is 111 Å². The number of nitrogens with zero attached hydrogens (tertiary/aromatic N) is 1. The number of amides is 3. The Labute approximate surface area is 193 Å². The van der Waals surface area contributed by atoms with Crippen molar-refractivity contribution in [2.75, 3.05) is 32.1 Å². The van der Waals surface area contributed by atoms with Gasteiger partial charge in [0.1, 0.15) is 0 Å². The fourth-order valence-electron chi connectivity index (χ4n) is 3.73. The molecule has 1 aliphatic heterocycles. The van der Waals surface area contributed by atoms with E-state index in [2.05, 4.69) is 5.32 Å². The van der Waals surface area contributed by atoms with Crippen LogP contribution in [0.3, 0.4) is 0 Å². The number of ether oxygens (including phenoxy) is 2. The highest BCUT2D eigenvalue weighted by Crippen LogP contribution is 2.28. The molecule has 3 N–H and O–H groups in total. The second-order valence-electron chi connectivity index (χ2n) is 7.68. The van der Waals surface area contributed by atoms with Crippen LogP contribution in [0, 0.1) is 5.92 Å². The van der Waals surface area contributed by atoms with Crippen LogP contribution in [0.1, 0.15) is 35.7 Å². The molecule has 1 heterocycles. The summed E-state index contributed by atoms with van der Waals surface area (Å²) in [6.07, 6.45) is 4.15. The molecule has 0 aromatic heterocycles. The summed E-state index contributed by atoms with van der Waals surface area (Å²) in [5.74, 6) is 0.136. The van der Waals surface area contributed by atoms with E-state index in [0.29, 0.717) is 55.3 Å². The maximum Gasteiger partial charge on any atom is 0.255 e. The molecule has 0 atom stereocenters. The summed E-state index contributed by atoms with van der Waals surface area (Å²) in [7, 11) is 1.57. The Bertz CT molecular complexity index is 1040. The lowest BCUT2D eigenvalue weighted by molar-refractivity contribution is -0.123. The van der Waals surface area contributed by atoms with Gasteiger partial charge in [0.25, 0.3) is 5.91 Å². The van der Waals surface area contributed by atoms with Gasteiger partial charge < -0.3 is 25.4 Å². The summed E-state index contributed by atoms with van der Waals surface area (Å²) in [6.45, 7) is 3.28. The van der Waals surface area contributed by atoms with Gasteiger partial charge in [-0.25, -0.2) is 0 Å². The molecule has 0 radical (unpaired) electrons. The van der Waals surface area contributed by atoms with E-state index in [1.54, 1.807) is 54.5 Å². The first-order valence-electron chi connectivity index (χ1n) is 10.9. The Morgan fingerprint density at radius 2 is 1.85 bits per heavy atom. The molecule has 0 bridgehead atoms. The number of nitrogens with two attached hydrogens (primary N) is 1. The van der Waals surface area contributed by atoms with Gasteiger partial charge in [0.05, 0.1) is 25.0 Å². The first-order chi connectivity index (χ1) is 15.9. The number of likely N-dealkylation sites (tertiary alicyclic amines) is 1. The van der Waals surface area contributed by atoms with Crippen LogP contribution in [0.2, 0.25) is 0 Å². The number of hydrogen-bond donors (Lipinski definition) is 2. The zero-order chi connectivity index (χ0) is 23.8.